The molecule has 2 aromatic rings. The van der Waals surface area contributed by atoms with Gasteiger partial charge in [0.1, 0.15) is 17.3 Å². The number of benzene rings is 1. The fourth-order valence-electron chi connectivity index (χ4n) is 2.99. The third-order valence-corrected chi connectivity index (χ3v) is 4.23. The van der Waals surface area contributed by atoms with Crippen LogP contribution in [0.3, 0.4) is 0 Å². The minimum atomic E-state index is 0. The zero-order valence-corrected chi connectivity index (χ0v) is 16.4. The van der Waals surface area contributed by atoms with E-state index in [1.807, 2.05) is 27.0 Å². The molecule has 0 spiro atoms. The second-order valence-electron chi connectivity index (χ2n) is 6.05. The summed E-state index contributed by atoms with van der Waals surface area (Å²) in [6.07, 6.45) is 0.0123. The van der Waals surface area contributed by atoms with Gasteiger partial charge in [-0.15, -0.1) is 0 Å². The molecule has 1 unspecified atom stereocenters. The van der Waals surface area contributed by atoms with Crippen LogP contribution in [-0.2, 0) is 16.5 Å². The Morgan fingerprint density at radius 3 is 2.89 bits per heavy atom. The molecule has 1 aromatic heterocycles. The molecule has 1 fully saturated rings. The Balaban J connectivity index is 0.00000127. The highest BCUT2D eigenvalue weighted by atomic mass is 16.5. The standard InChI is InChI=1S/C17H23N5O3.C2H6.H2/c1-21-16(22-5-6-25-12(9-22)10-24-2)8-15(20-21)17(19)13-7-11(23)3-4-14(13)18;1-2;/h3-4,7-8,12,19,23H,5-6,9-10,18H2,1-2H3;1-2H3;1H. The SMILES string of the molecule is CC.COCC1CN(c2cc(C(=N)c3cc(O)ccc3N)nn2C)CCO1.[HH]. The van der Waals surface area contributed by atoms with Crippen LogP contribution >= 0.6 is 0 Å². The molecule has 8 nitrogen and oxygen atoms in total. The van der Waals surface area contributed by atoms with Gasteiger partial charge in [-0.25, -0.2) is 0 Å². The van der Waals surface area contributed by atoms with Gasteiger partial charge >= 0.3 is 0 Å². The maximum Gasteiger partial charge on any atom is 0.127 e. The molecule has 0 saturated carbocycles. The Labute approximate surface area is 161 Å². The molecule has 4 N–H and O–H groups in total. The number of morpholine rings is 1. The molecule has 0 amide bonds. The lowest BCUT2D eigenvalue weighted by Gasteiger charge is -2.33. The van der Waals surface area contributed by atoms with Crippen molar-refractivity contribution in [3.8, 4) is 5.75 Å². The molecule has 3 rings (SSSR count). The van der Waals surface area contributed by atoms with Crippen molar-refractivity contribution >= 4 is 17.2 Å². The number of hydrogen-bond acceptors (Lipinski definition) is 7. The molecule has 1 aliphatic heterocycles. The third kappa shape index (κ3) is 4.78. The first-order valence-electron chi connectivity index (χ1n) is 9.07. The van der Waals surface area contributed by atoms with Crippen molar-refractivity contribution in [2.45, 2.75) is 20.0 Å². The normalized spacial score (nSPS) is 16.6. The van der Waals surface area contributed by atoms with Gasteiger partial charge in [0.15, 0.2) is 0 Å². The number of hydrogen-bond donors (Lipinski definition) is 3. The summed E-state index contributed by atoms with van der Waals surface area (Å²) < 4.78 is 12.6. The third-order valence-electron chi connectivity index (χ3n) is 4.23. The molecule has 150 valence electrons. The Hall–Kier alpha value is -2.58. The van der Waals surface area contributed by atoms with E-state index in [1.54, 1.807) is 17.9 Å². The van der Waals surface area contributed by atoms with E-state index in [0.29, 0.717) is 36.7 Å². The van der Waals surface area contributed by atoms with E-state index >= 15 is 0 Å². The number of phenolic OH excluding ortho intramolecular Hbond substituents is 1. The Bertz CT molecular complexity index is 779. The van der Waals surface area contributed by atoms with Crippen LogP contribution in [0.25, 0.3) is 0 Å². The van der Waals surface area contributed by atoms with E-state index in [4.69, 9.17) is 20.6 Å². The van der Waals surface area contributed by atoms with Crippen LogP contribution in [0.2, 0.25) is 0 Å². The van der Waals surface area contributed by atoms with Crippen molar-refractivity contribution in [2.24, 2.45) is 7.05 Å². The summed E-state index contributed by atoms with van der Waals surface area (Å²) >= 11 is 0. The molecule has 0 bridgehead atoms. The molecule has 8 heteroatoms. The van der Waals surface area contributed by atoms with Crippen LogP contribution in [0.1, 0.15) is 26.5 Å². The number of aromatic nitrogens is 2. The van der Waals surface area contributed by atoms with Crippen molar-refractivity contribution in [2.75, 3.05) is 44.0 Å². The lowest BCUT2D eigenvalue weighted by molar-refractivity contribution is -0.0103. The van der Waals surface area contributed by atoms with Gasteiger partial charge in [-0.2, -0.15) is 5.10 Å². The molecule has 1 aliphatic rings. The van der Waals surface area contributed by atoms with Gasteiger partial charge in [-0.05, 0) is 18.2 Å². The monoisotopic (exact) mass is 377 g/mol. The first kappa shape index (κ1) is 20.7. The highest BCUT2D eigenvalue weighted by Gasteiger charge is 2.24. The van der Waals surface area contributed by atoms with Gasteiger partial charge in [0.2, 0.25) is 0 Å². The number of aryl methyl sites for hydroxylation is 1. The van der Waals surface area contributed by atoms with Gasteiger partial charge in [-0.3, -0.25) is 10.1 Å². The fourth-order valence-corrected chi connectivity index (χ4v) is 2.99. The minimum absolute atomic E-state index is 0. The number of anilines is 2. The Morgan fingerprint density at radius 2 is 2.19 bits per heavy atom. The summed E-state index contributed by atoms with van der Waals surface area (Å²) in [6.45, 7) is 6.61. The maximum absolute atomic E-state index is 9.66. The largest absolute Gasteiger partial charge is 0.508 e. The first-order chi connectivity index (χ1) is 13.0. The molecular formula is C19H31N5O3. The Morgan fingerprint density at radius 1 is 1.44 bits per heavy atom. The van der Waals surface area contributed by atoms with Crippen LogP contribution in [0.4, 0.5) is 11.5 Å². The van der Waals surface area contributed by atoms with Crippen LogP contribution in [-0.4, -0.2) is 60.1 Å². The quantitative estimate of drug-likeness (QED) is 0.419. The van der Waals surface area contributed by atoms with Crippen molar-refractivity contribution < 1.29 is 16.0 Å². The molecule has 0 aliphatic carbocycles. The highest BCUT2D eigenvalue weighted by Crippen LogP contribution is 2.24. The highest BCUT2D eigenvalue weighted by molar-refractivity contribution is 6.13. The number of rotatable bonds is 5. The second-order valence-corrected chi connectivity index (χ2v) is 6.05. The van der Waals surface area contributed by atoms with Crippen molar-refractivity contribution in [3.63, 3.8) is 0 Å². The van der Waals surface area contributed by atoms with Gasteiger partial charge in [0.25, 0.3) is 0 Å². The lowest BCUT2D eigenvalue weighted by Crippen LogP contribution is -2.45. The second kappa shape index (κ2) is 9.38. The molecule has 27 heavy (non-hydrogen) atoms. The molecular weight excluding hydrogens is 346 g/mol. The first-order valence-corrected chi connectivity index (χ1v) is 9.07. The average molecular weight is 377 g/mol. The number of phenols is 1. The van der Waals surface area contributed by atoms with Crippen molar-refractivity contribution in [1.82, 2.24) is 9.78 Å². The molecule has 1 aromatic carbocycles. The van der Waals surface area contributed by atoms with Crippen LogP contribution in [0.15, 0.2) is 24.3 Å². The van der Waals surface area contributed by atoms with Crippen LogP contribution in [0.5, 0.6) is 5.75 Å². The lowest BCUT2D eigenvalue weighted by atomic mass is 10.1. The van der Waals surface area contributed by atoms with Gasteiger partial charge in [-0.1, -0.05) is 13.8 Å². The fraction of sp³-hybridized carbons (Fsp3) is 0.474. The van der Waals surface area contributed by atoms with E-state index in [-0.39, 0.29) is 19.0 Å². The van der Waals surface area contributed by atoms with Crippen molar-refractivity contribution in [3.05, 3.63) is 35.5 Å². The van der Waals surface area contributed by atoms with Gasteiger partial charge in [0, 0.05) is 46.0 Å². The molecule has 1 atom stereocenters. The van der Waals surface area contributed by atoms with E-state index in [1.165, 1.54) is 12.1 Å². The minimum Gasteiger partial charge on any atom is -0.508 e. The summed E-state index contributed by atoms with van der Waals surface area (Å²) in [5, 5.41) is 22.5. The smallest absolute Gasteiger partial charge is 0.127 e. The summed E-state index contributed by atoms with van der Waals surface area (Å²) in [6, 6.07) is 6.43. The number of nitrogens with zero attached hydrogens (tertiary/aromatic N) is 3. The van der Waals surface area contributed by atoms with Crippen LogP contribution in [0, 0.1) is 5.41 Å². The van der Waals surface area contributed by atoms with E-state index in [2.05, 4.69) is 10.00 Å². The van der Waals surface area contributed by atoms with Gasteiger partial charge in [0.05, 0.1) is 25.0 Å². The summed E-state index contributed by atoms with van der Waals surface area (Å²) in [4.78, 5) is 2.17. The molecule has 2 heterocycles. The molecule has 0 radical (unpaired) electrons. The van der Waals surface area contributed by atoms with E-state index in [9.17, 15) is 5.11 Å². The number of ether oxygens (including phenoxy) is 2. The van der Waals surface area contributed by atoms with Crippen molar-refractivity contribution in [1.29, 1.82) is 5.41 Å². The topological polar surface area (TPSA) is 110 Å². The number of methoxy groups -OCH3 is 1. The average Bonchev–Trinajstić information content (AvgIpc) is 3.07. The van der Waals surface area contributed by atoms with E-state index in [0.717, 1.165) is 12.4 Å². The molecule has 1 saturated heterocycles. The van der Waals surface area contributed by atoms with Crippen LogP contribution < -0.4 is 10.6 Å². The number of nitrogen functional groups attached to an aromatic ring is 1. The Kier molecular flexibility index (Phi) is 7.20. The number of nitrogens with one attached hydrogen (secondary N) is 1. The summed E-state index contributed by atoms with van der Waals surface area (Å²) in [5.74, 6) is 0.976. The maximum atomic E-state index is 9.66. The van der Waals surface area contributed by atoms with E-state index < -0.39 is 0 Å². The van der Waals surface area contributed by atoms with Gasteiger partial charge < -0.3 is 25.2 Å². The number of aromatic hydroxyl groups is 1. The summed E-state index contributed by atoms with van der Waals surface area (Å²) in [7, 11) is 3.50. The zero-order valence-electron chi connectivity index (χ0n) is 16.4. The predicted octanol–water partition coefficient (Wildman–Crippen LogP) is 2.25. The number of nitrogens with two attached hydrogens (primary N) is 1. The predicted molar refractivity (Wildman–Crippen MR) is 109 cm³/mol. The summed E-state index contributed by atoms with van der Waals surface area (Å²) in [5.41, 5.74) is 7.52. The zero-order chi connectivity index (χ0) is 20.0.